The molecule has 0 aliphatic heterocycles. The second-order valence-electron chi connectivity index (χ2n) is 4.43. The summed E-state index contributed by atoms with van der Waals surface area (Å²) in [5.74, 6) is 0. The van der Waals surface area contributed by atoms with Gasteiger partial charge in [0.1, 0.15) is 0 Å². The minimum atomic E-state index is 0.509. The van der Waals surface area contributed by atoms with E-state index in [0.717, 1.165) is 13.0 Å². The van der Waals surface area contributed by atoms with E-state index in [1.807, 2.05) is 0 Å². The van der Waals surface area contributed by atoms with Gasteiger partial charge in [0, 0.05) is 6.04 Å². The highest BCUT2D eigenvalue weighted by Crippen LogP contribution is 2.07. The molecule has 0 spiro atoms. The molecule has 0 aliphatic carbocycles. The van der Waals surface area contributed by atoms with Crippen molar-refractivity contribution < 1.29 is 0 Å². The highest BCUT2D eigenvalue weighted by molar-refractivity contribution is 5.15. The number of likely N-dealkylation sites (N-methyl/N-ethyl adjacent to an activating group) is 1. The lowest BCUT2D eigenvalue weighted by Gasteiger charge is -2.14. The van der Waals surface area contributed by atoms with Crippen molar-refractivity contribution in [3.05, 3.63) is 47.5 Å². The fourth-order valence-electron chi connectivity index (χ4n) is 1.88. The number of hydrogen-bond donors (Lipinski definition) is 1. The van der Waals surface area contributed by atoms with Crippen LogP contribution in [0.3, 0.4) is 0 Å². The molecule has 0 aliphatic rings. The van der Waals surface area contributed by atoms with Gasteiger partial charge >= 0.3 is 0 Å². The van der Waals surface area contributed by atoms with Gasteiger partial charge in [-0.2, -0.15) is 0 Å². The van der Waals surface area contributed by atoms with Crippen molar-refractivity contribution in [2.45, 2.75) is 39.7 Å². The third-order valence-corrected chi connectivity index (χ3v) is 2.59. The molecule has 1 aromatic carbocycles. The number of hydrogen-bond acceptors (Lipinski definition) is 1. The highest BCUT2D eigenvalue weighted by Gasteiger charge is 2.03. The Balaban J connectivity index is 2.47. The Labute approximate surface area is 99.6 Å². The number of aryl methyl sites for hydroxylation is 1. The minimum absolute atomic E-state index is 0.509. The lowest BCUT2D eigenvalue weighted by atomic mass is 10.0. The Morgan fingerprint density at radius 2 is 1.94 bits per heavy atom. The Kier molecular flexibility index (Phi) is 5.87. The quantitative estimate of drug-likeness (QED) is 0.718. The summed E-state index contributed by atoms with van der Waals surface area (Å²) in [6.07, 6.45) is 4.64. The van der Waals surface area contributed by atoms with E-state index in [0.29, 0.717) is 6.04 Å². The summed E-state index contributed by atoms with van der Waals surface area (Å²) >= 11 is 0. The van der Waals surface area contributed by atoms with Crippen LogP contribution in [0.5, 0.6) is 0 Å². The van der Waals surface area contributed by atoms with Crippen LogP contribution in [-0.2, 0) is 6.42 Å². The molecule has 0 saturated carbocycles. The summed E-state index contributed by atoms with van der Waals surface area (Å²) in [6.45, 7) is 7.51. The van der Waals surface area contributed by atoms with Gasteiger partial charge in [-0.15, -0.1) is 0 Å². The van der Waals surface area contributed by atoms with E-state index in [-0.39, 0.29) is 0 Å². The Bertz CT molecular complexity index is 309. The monoisotopic (exact) mass is 217 g/mol. The molecule has 0 fully saturated rings. The number of allylic oxidation sites excluding steroid dienone is 1. The smallest absolute Gasteiger partial charge is 0.0255 e. The summed E-state index contributed by atoms with van der Waals surface area (Å²) in [5, 5.41) is 3.51. The number of benzene rings is 1. The van der Waals surface area contributed by atoms with Crippen LogP contribution in [0.15, 0.2) is 42.0 Å². The van der Waals surface area contributed by atoms with Crippen molar-refractivity contribution >= 4 is 0 Å². The maximum absolute atomic E-state index is 3.51. The van der Waals surface area contributed by atoms with Crippen molar-refractivity contribution in [1.82, 2.24) is 5.32 Å². The largest absolute Gasteiger partial charge is 0.311 e. The zero-order valence-electron chi connectivity index (χ0n) is 10.7. The third-order valence-electron chi connectivity index (χ3n) is 2.59. The molecule has 0 aromatic heterocycles. The summed E-state index contributed by atoms with van der Waals surface area (Å²) in [4.78, 5) is 0. The van der Waals surface area contributed by atoms with Gasteiger partial charge in [0.2, 0.25) is 0 Å². The van der Waals surface area contributed by atoms with Gasteiger partial charge in [-0.25, -0.2) is 0 Å². The first-order chi connectivity index (χ1) is 7.72. The average molecular weight is 217 g/mol. The second-order valence-corrected chi connectivity index (χ2v) is 4.43. The molecule has 0 saturated heterocycles. The Morgan fingerprint density at radius 3 is 2.50 bits per heavy atom. The fraction of sp³-hybridized carbons (Fsp3) is 0.467. The summed E-state index contributed by atoms with van der Waals surface area (Å²) in [6, 6.07) is 11.2. The van der Waals surface area contributed by atoms with Gasteiger partial charge in [0.25, 0.3) is 0 Å². The van der Waals surface area contributed by atoms with Gasteiger partial charge in [0.15, 0.2) is 0 Å². The maximum Gasteiger partial charge on any atom is 0.0255 e. The van der Waals surface area contributed by atoms with E-state index < -0.39 is 0 Å². The van der Waals surface area contributed by atoms with Crippen molar-refractivity contribution in [2.75, 3.05) is 6.54 Å². The standard InChI is InChI=1S/C15H23N/c1-4-16-15(12-13(2)3)11-10-14-8-6-5-7-9-14/h5-9,12,15-16H,4,10-11H2,1-3H3. The summed E-state index contributed by atoms with van der Waals surface area (Å²) < 4.78 is 0. The van der Waals surface area contributed by atoms with Crippen LogP contribution in [0.2, 0.25) is 0 Å². The molecule has 1 aromatic rings. The molecule has 0 amide bonds. The molecule has 1 N–H and O–H groups in total. The first kappa shape index (κ1) is 13.0. The van der Waals surface area contributed by atoms with Crippen LogP contribution in [0.25, 0.3) is 0 Å². The zero-order chi connectivity index (χ0) is 11.8. The molecular formula is C15H23N. The molecule has 16 heavy (non-hydrogen) atoms. The van der Waals surface area contributed by atoms with Gasteiger partial charge in [0.05, 0.1) is 0 Å². The van der Waals surface area contributed by atoms with Gasteiger partial charge in [-0.1, -0.05) is 48.9 Å². The summed E-state index contributed by atoms with van der Waals surface area (Å²) in [7, 11) is 0. The lowest BCUT2D eigenvalue weighted by molar-refractivity contribution is 0.571. The number of rotatable bonds is 6. The van der Waals surface area contributed by atoms with E-state index in [1.54, 1.807) is 0 Å². The van der Waals surface area contributed by atoms with E-state index in [2.05, 4.69) is 62.5 Å². The van der Waals surface area contributed by atoms with Crippen LogP contribution in [-0.4, -0.2) is 12.6 Å². The topological polar surface area (TPSA) is 12.0 Å². The van der Waals surface area contributed by atoms with Crippen molar-refractivity contribution in [3.8, 4) is 0 Å². The van der Waals surface area contributed by atoms with Crippen LogP contribution in [0.1, 0.15) is 32.8 Å². The maximum atomic E-state index is 3.51. The molecule has 1 heteroatoms. The molecular weight excluding hydrogens is 194 g/mol. The Morgan fingerprint density at radius 1 is 1.25 bits per heavy atom. The molecule has 0 heterocycles. The SMILES string of the molecule is CCNC(C=C(C)C)CCc1ccccc1. The van der Waals surface area contributed by atoms with E-state index in [4.69, 9.17) is 0 Å². The van der Waals surface area contributed by atoms with E-state index in [9.17, 15) is 0 Å². The Hall–Kier alpha value is -1.08. The third kappa shape index (κ3) is 5.13. The zero-order valence-corrected chi connectivity index (χ0v) is 10.7. The van der Waals surface area contributed by atoms with Gasteiger partial charge in [-0.05, 0) is 38.8 Å². The minimum Gasteiger partial charge on any atom is -0.311 e. The van der Waals surface area contributed by atoms with Gasteiger partial charge < -0.3 is 5.32 Å². The van der Waals surface area contributed by atoms with Crippen LogP contribution >= 0.6 is 0 Å². The van der Waals surface area contributed by atoms with Crippen molar-refractivity contribution in [1.29, 1.82) is 0 Å². The average Bonchev–Trinajstić information content (AvgIpc) is 2.27. The predicted octanol–water partition coefficient (Wildman–Crippen LogP) is 3.56. The molecule has 0 bridgehead atoms. The molecule has 1 nitrogen and oxygen atoms in total. The van der Waals surface area contributed by atoms with Crippen LogP contribution in [0, 0.1) is 0 Å². The van der Waals surface area contributed by atoms with Crippen LogP contribution in [0.4, 0.5) is 0 Å². The molecule has 88 valence electrons. The highest BCUT2D eigenvalue weighted by atomic mass is 14.9. The second kappa shape index (κ2) is 7.24. The molecule has 1 unspecified atom stereocenters. The first-order valence-corrected chi connectivity index (χ1v) is 6.14. The molecule has 1 atom stereocenters. The fourth-order valence-corrected chi connectivity index (χ4v) is 1.88. The van der Waals surface area contributed by atoms with E-state index >= 15 is 0 Å². The predicted molar refractivity (Wildman–Crippen MR) is 71.7 cm³/mol. The van der Waals surface area contributed by atoms with Crippen LogP contribution < -0.4 is 5.32 Å². The van der Waals surface area contributed by atoms with Crippen molar-refractivity contribution in [3.63, 3.8) is 0 Å². The lowest BCUT2D eigenvalue weighted by Crippen LogP contribution is -2.27. The van der Waals surface area contributed by atoms with Gasteiger partial charge in [-0.3, -0.25) is 0 Å². The summed E-state index contributed by atoms with van der Waals surface area (Å²) in [5.41, 5.74) is 2.81. The first-order valence-electron chi connectivity index (χ1n) is 6.14. The normalized spacial score (nSPS) is 12.2. The van der Waals surface area contributed by atoms with E-state index in [1.165, 1.54) is 17.6 Å². The number of nitrogens with one attached hydrogen (secondary N) is 1. The molecule has 1 rings (SSSR count). The molecule has 0 radical (unpaired) electrons. The van der Waals surface area contributed by atoms with Crippen molar-refractivity contribution in [2.24, 2.45) is 0 Å².